The van der Waals surface area contributed by atoms with E-state index in [9.17, 15) is 4.79 Å². The number of aromatic nitrogens is 2. The number of hydrogen-bond acceptors (Lipinski definition) is 3. The molecule has 5 heteroatoms. The molecule has 1 aromatic rings. The second-order valence-corrected chi connectivity index (χ2v) is 4.98. The molecule has 1 unspecified atom stereocenters. The van der Waals surface area contributed by atoms with Gasteiger partial charge in [-0.15, -0.1) is 0 Å². The predicted molar refractivity (Wildman–Crippen MR) is 70.6 cm³/mol. The Morgan fingerprint density at radius 3 is 3.00 bits per heavy atom. The highest BCUT2D eigenvalue weighted by Gasteiger charge is 2.21. The third-order valence-corrected chi connectivity index (χ3v) is 3.52. The van der Waals surface area contributed by atoms with Crippen LogP contribution >= 0.6 is 0 Å². The van der Waals surface area contributed by atoms with Gasteiger partial charge in [-0.25, -0.2) is 0 Å². The summed E-state index contributed by atoms with van der Waals surface area (Å²) in [6.07, 6.45) is 3.22. The molecule has 0 spiro atoms. The SMILES string of the molecule is CCc1cc(C(=O)N(C)CC2CCCN2)n(C)n1. The normalized spacial score (nSPS) is 19.2. The van der Waals surface area contributed by atoms with Gasteiger partial charge in [0.05, 0.1) is 5.69 Å². The van der Waals surface area contributed by atoms with Crippen molar-refractivity contribution >= 4 is 5.91 Å². The molecule has 0 radical (unpaired) electrons. The fraction of sp³-hybridized carbons (Fsp3) is 0.692. The monoisotopic (exact) mass is 250 g/mol. The fourth-order valence-corrected chi connectivity index (χ4v) is 2.42. The van der Waals surface area contributed by atoms with Crippen LogP contribution in [0.5, 0.6) is 0 Å². The maximum atomic E-state index is 12.3. The summed E-state index contributed by atoms with van der Waals surface area (Å²) in [7, 11) is 3.69. The molecule has 0 bridgehead atoms. The number of aryl methyl sites for hydroxylation is 2. The van der Waals surface area contributed by atoms with E-state index in [4.69, 9.17) is 0 Å². The molecule has 0 aromatic carbocycles. The molecule has 100 valence electrons. The van der Waals surface area contributed by atoms with E-state index in [-0.39, 0.29) is 5.91 Å². The standard InChI is InChI=1S/C13H22N4O/c1-4-10-8-12(17(3)15-10)13(18)16(2)9-11-6-5-7-14-11/h8,11,14H,4-7,9H2,1-3H3. The Balaban J connectivity index is 2.02. The number of likely N-dealkylation sites (N-methyl/N-ethyl adjacent to an activating group) is 1. The molecular formula is C13H22N4O. The van der Waals surface area contributed by atoms with Gasteiger partial charge in [0.15, 0.2) is 0 Å². The van der Waals surface area contributed by atoms with Crippen molar-refractivity contribution in [3.8, 4) is 0 Å². The average Bonchev–Trinajstić information content (AvgIpc) is 2.97. The minimum absolute atomic E-state index is 0.0541. The van der Waals surface area contributed by atoms with Gasteiger partial charge in [0.2, 0.25) is 0 Å². The van der Waals surface area contributed by atoms with Crippen LogP contribution < -0.4 is 5.32 Å². The molecule has 1 N–H and O–H groups in total. The van der Waals surface area contributed by atoms with Crippen LogP contribution in [-0.4, -0.2) is 46.8 Å². The van der Waals surface area contributed by atoms with Crippen molar-refractivity contribution in [2.75, 3.05) is 20.1 Å². The van der Waals surface area contributed by atoms with Crippen LogP contribution in [0.3, 0.4) is 0 Å². The lowest BCUT2D eigenvalue weighted by molar-refractivity contribution is 0.0773. The molecule has 1 amide bonds. The highest BCUT2D eigenvalue weighted by atomic mass is 16.2. The van der Waals surface area contributed by atoms with Crippen LogP contribution in [0.15, 0.2) is 6.07 Å². The van der Waals surface area contributed by atoms with Gasteiger partial charge in [0.1, 0.15) is 5.69 Å². The summed E-state index contributed by atoms with van der Waals surface area (Å²) >= 11 is 0. The molecule has 2 heterocycles. The molecular weight excluding hydrogens is 228 g/mol. The van der Waals surface area contributed by atoms with Crippen LogP contribution in [0.2, 0.25) is 0 Å². The first kappa shape index (κ1) is 13.1. The second kappa shape index (κ2) is 5.52. The smallest absolute Gasteiger partial charge is 0.271 e. The van der Waals surface area contributed by atoms with Crippen LogP contribution in [-0.2, 0) is 13.5 Å². The van der Waals surface area contributed by atoms with E-state index in [0.717, 1.165) is 31.6 Å². The molecule has 1 aliphatic heterocycles. The van der Waals surface area contributed by atoms with E-state index >= 15 is 0 Å². The number of rotatable bonds is 4. The molecule has 2 rings (SSSR count). The van der Waals surface area contributed by atoms with E-state index in [1.807, 2.05) is 27.1 Å². The van der Waals surface area contributed by atoms with E-state index in [1.165, 1.54) is 6.42 Å². The average molecular weight is 250 g/mol. The number of nitrogens with one attached hydrogen (secondary N) is 1. The van der Waals surface area contributed by atoms with E-state index < -0.39 is 0 Å². The van der Waals surface area contributed by atoms with Gasteiger partial charge in [-0.05, 0) is 31.9 Å². The van der Waals surface area contributed by atoms with Crippen LogP contribution in [0.4, 0.5) is 0 Å². The minimum Gasteiger partial charge on any atom is -0.339 e. The molecule has 1 aliphatic rings. The number of amides is 1. The second-order valence-electron chi connectivity index (χ2n) is 4.98. The third kappa shape index (κ3) is 2.72. The van der Waals surface area contributed by atoms with Crippen molar-refractivity contribution in [2.45, 2.75) is 32.2 Å². The number of carbonyl (C=O) groups is 1. The molecule has 1 atom stereocenters. The zero-order valence-electron chi connectivity index (χ0n) is 11.4. The van der Waals surface area contributed by atoms with Crippen molar-refractivity contribution in [3.63, 3.8) is 0 Å². The first-order chi connectivity index (χ1) is 8.61. The Bertz CT molecular complexity index is 421. The van der Waals surface area contributed by atoms with Crippen molar-refractivity contribution < 1.29 is 4.79 Å². The van der Waals surface area contributed by atoms with Gasteiger partial charge in [0.25, 0.3) is 5.91 Å². The Hall–Kier alpha value is -1.36. The lowest BCUT2D eigenvalue weighted by Gasteiger charge is -2.21. The van der Waals surface area contributed by atoms with Gasteiger partial charge >= 0.3 is 0 Å². The van der Waals surface area contributed by atoms with Gasteiger partial charge < -0.3 is 10.2 Å². The number of carbonyl (C=O) groups excluding carboxylic acids is 1. The minimum atomic E-state index is 0.0541. The molecule has 1 aromatic heterocycles. The van der Waals surface area contributed by atoms with Gasteiger partial charge in [0, 0.05) is 26.7 Å². The highest BCUT2D eigenvalue weighted by Crippen LogP contribution is 2.10. The first-order valence-electron chi connectivity index (χ1n) is 6.63. The number of nitrogens with zero attached hydrogens (tertiary/aromatic N) is 3. The third-order valence-electron chi connectivity index (χ3n) is 3.52. The van der Waals surface area contributed by atoms with Gasteiger partial charge in [-0.1, -0.05) is 6.92 Å². The molecule has 5 nitrogen and oxygen atoms in total. The summed E-state index contributed by atoms with van der Waals surface area (Å²) in [6, 6.07) is 2.33. The zero-order chi connectivity index (χ0) is 13.1. The Labute approximate surface area is 108 Å². The Kier molecular flexibility index (Phi) is 4.01. The summed E-state index contributed by atoms with van der Waals surface area (Å²) < 4.78 is 1.68. The van der Waals surface area contributed by atoms with Crippen molar-refractivity contribution in [2.24, 2.45) is 7.05 Å². The maximum Gasteiger partial charge on any atom is 0.271 e. The summed E-state index contributed by atoms with van der Waals surface area (Å²) in [5.41, 5.74) is 1.64. The summed E-state index contributed by atoms with van der Waals surface area (Å²) in [6.45, 7) is 3.88. The molecule has 1 saturated heterocycles. The van der Waals surface area contributed by atoms with E-state index in [1.54, 1.807) is 9.58 Å². The van der Waals surface area contributed by atoms with Crippen molar-refractivity contribution in [3.05, 3.63) is 17.5 Å². The lowest BCUT2D eigenvalue weighted by atomic mass is 10.2. The summed E-state index contributed by atoms with van der Waals surface area (Å²) in [5, 5.41) is 7.73. The Morgan fingerprint density at radius 2 is 2.44 bits per heavy atom. The fourth-order valence-electron chi connectivity index (χ4n) is 2.42. The molecule has 0 aliphatic carbocycles. The van der Waals surface area contributed by atoms with Crippen LogP contribution in [0, 0.1) is 0 Å². The Morgan fingerprint density at radius 1 is 1.67 bits per heavy atom. The topological polar surface area (TPSA) is 50.2 Å². The van der Waals surface area contributed by atoms with Crippen LogP contribution in [0.1, 0.15) is 35.9 Å². The first-order valence-corrected chi connectivity index (χ1v) is 6.63. The quantitative estimate of drug-likeness (QED) is 0.860. The zero-order valence-corrected chi connectivity index (χ0v) is 11.4. The summed E-state index contributed by atoms with van der Waals surface area (Å²) in [4.78, 5) is 14.1. The van der Waals surface area contributed by atoms with Crippen LogP contribution in [0.25, 0.3) is 0 Å². The van der Waals surface area contributed by atoms with Crippen molar-refractivity contribution in [1.82, 2.24) is 20.0 Å². The highest BCUT2D eigenvalue weighted by molar-refractivity contribution is 5.92. The summed E-state index contributed by atoms with van der Waals surface area (Å²) in [5.74, 6) is 0.0541. The van der Waals surface area contributed by atoms with Gasteiger partial charge in [-0.2, -0.15) is 5.10 Å². The van der Waals surface area contributed by atoms with E-state index in [0.29, 0.717) is 11.7 Å². The predicted octanol–water partition coefficient (Wildman–Crippen LogP) is 0.806. The maximum absolute atomic E-state index is 12.3. The lowest BCUT2D eigenvalue weighted by Crippen LogP contribution is -2.39. The van der Waals surface area contributed by atoms with E-state index in [2.05, 4.69) is 10.4 Å². The van der Waals surface area contributed by atoms with Crippen molar-refractivity contribution in [1.29, 1.82) is 0 Å². The molecule has 0 saturated carbocycles. The number of hydrogen-bond donors (Lipinski definition) is 1. The largest absolute Gasteiger partial charge is 0.339 e. The van der Waals surface area contributed by atoms with Gasteiger partial charge in [-0.3, -0.25) is 9.48 Å². The molecule has 1 fully saturated rings. The molecule has 18 heavy (non-hydrogen) atoms.